The van der Waals surface area contributed by atoms with Crippen molar-refractivity contribution in [1.29, 1.82) is 0 Å². The number of anilines is 1. The minimum Gasteiger partial charge on any atom is -0.399 e. The Morgan fingerprint density at radius 1 is 0.806 bits per heavy atom. The van der Waals surface area contributed by atoms with Crippen molar-refractivity contribution in [3.63, 3.8) is 0 Å². The Bertz CT molecular complexity index is 927. The maximum atomic E-state index is 11.3. The second-order valence-electron chi connectivity index (χ2n) is 8.19. The molecule has 3 aromatic rings. The number of nitrogen functional groups attached to an aromatic ring is 1. The fraction of sp³-hybridized carbons (Fsp3) is 0.280. The van der Waals surface area contributed by atoms with Gasteiger partial charge in [-0.3, -0.25) is 0 Å². The van der Waals surface area contributed by atoms with Crippen molar-refractivity contribution in [1.82, 2.24) is 10.6 Å². The van der Waals surface area contributed by atoms with Crippen LogP contribution in [0.15, 0.2) is 82.6 Å². The molecule has 4 nitrogen and oxygen atoms in total. The van der Waals surface area contributed by atoms with E-state index in [0.717, 1.165) is 26.5 Å². The van der Waals surface area contributed by atoms with Crippen LogP contribution in [0.3, 0.4) is 0 Å². The number of nitrogens with one attached hydrogen (secondary N) is 2. The highest BCUT2D eigenvalue weighted by Gasteiger charge is 2.33. The molecule has 0 aliphatic heterocycles. The van der Waals surface area contributed by atoms with Gasteiger partial charge < -0.3 is 21.5 Å². The molecule has 3 aromatic carbocycles. The summed E-state index contributed by atoms with van der Waals surface area (Å²) in [6, 6.07) is 23.5. The summed E-state index contributed by atoms with van der Waals surface area (Å²) in [5.74, 6) is 0. The predicted molar refractivity (Wildman–Crippen MR) is 135 cm³/mol. The number of benzene rings is 3. The van der Waals surface area contributed by atoms with E-state index in [9.17, 15) is 5.11 Å². The molecule has 31 heavy (non-hydrogen) atoms. The van der Waals surface area contributed by atoms with Crippen LogP contribution >= 0.6 is 25.3 Å². The van der Waals surface area contributed by atoms with Crippen molar-refractivity contribution in [2.24, 2.45) is 5.41 Å². The minimum absolute atomic E-state index is 0.451. The fourth-order valence-electron chi connectivity index (χ4n) is 3.62. The fourth-order valence-corrected chi connectivity index (χ4v) is 4.10. The van der Waals surface area contributed by atoms with E-state index in [4.69, 9.17) is 5.73 Å². The van der Waals surface area contributed by atoms with Gasteiger partial charge in [0.2, 0.25) is 0 Å². The van der Waals surface area contributed by atoms with Gasteiger partial charge in [-0.25, -0.2) is 0 Å². The lowest BCUT2D eigenvalue weighted by molar-refractivity contribution is 0.0352. The summed E-state index contributed by atoms with van der Waals surface area (Å²) < 4.78 is 0. The molecule has 0 saturated carbocycles. The number of aliphatic hydroxyl groups is 1. The first-order valence-electron chi connectivity index (χ1n) is 10.4. The van der Waals surface area contributed by atoms with Gasteiger partial charge in [0.05, 0.1) is 6.10 Å². The van der Waals surface area contributed by atoms with Gasteiger partial charge in [0.25, 0.3) is 0 Å². The van der Waals surface area contributed by atoms with E-state index in [-0.39, 0.29) is 0 Å². The molecule has 0 amide bonds. The van der Waals surface area contributed by atoms with Crippen LogP contribution in [0, 0.1) is 5.41 Å². The van der Waals surface area contributed by atoms with Crippen LogP contribution in [0.1, 0.15) is 29.7 Å². The summed E-state index contributed by atoms with van der Waals surface area (Å²) in [7, 11) is 0. The summed E-state index contributed by atoms with van der Waals surface area (Å²) >= 11 is 9.07. The Morgan fingerprint density at radius 2 is 1.26 bits per heavy atom. The molecular formula is C25H31N3OS2. The van der Waals surface area contributed by atoms with Gasteiger partial charge in [-0.2, -0.15) is 0 Å². The van der Waals surface area contributed by atoms with Crippen LogP contribution in [-0.4, -0.2) is 18.2 Å². The smallest absolute Gasteiger partial charge is 0.0867 e. The lowest BCUT2D eigenvalue weighted by atomic mass is 9.80. The molecule has 0 aliphatic carbocycles. The van der Waals surface area contributed by atoms with Crippen LogP contribution in [0.4, 0.5) is 5.69 Å². The highest BCUT2D eigenvalue weighted by molar-refractivity contribution is 7.80. The average molecular weight is 454 g/mol. The average Bonchev–Trinajstić information content (AvgIpc) is 2.76. The summed E-state index contributed by atoms with van der Waals surface area (Å²) in [6.45, 7) is 4.70. The first-order chi connectivity index (χ1) is 14.9. The number of hydrogen-bond donors (Lipinski definition) is 6. The number of rotatable bonds is 10. The Balaban J connectivity index is 1.71. The maximum Gasteiger partial charge on any atom is 0.0867 e. The molecule has 0 spiro atoms. The van der Waals surface area contributed by atoms with E-state index in [1.165, 1.54) is 0 Å². The molecule has 0 bridgehead atoms. The predicted octanol–water partition coefficient (Wildman–Crippen LogP) is 4.47. The van der Waals surface area contributed by atoms with Crippen LogP contribution < -0.4 is 16.4 Å². The number of nitrogens with two attached hydrogens (primary N) is 1. The summed E-state index contributed by atoms with van der Waals surface area (Å²) in [4.78, 5) is 1.92. The molecular weight excluding hydrogens is 422 g/mol. The van der Waals surface area contributed by atoms with Crippen molar-refractivity contribution in [2.75, 3.05) is 18.8 Å². The molecule has 6 heteroatoms. The van der Waals surface area contributed by atoms with Gasteiger partial charge in [0.15, 0.2) is 0 Å². The van der Waals surface area contributed by atoms with Gasteiger partial charge in [0.1, 0.15) is 0 Å². The van der Waals surface area contributed by atoms with Crippen LogP contribution in [-0.2, 0) is 13.1 Å². The number of hydrogen-bond acceptors (Lipinski definition) is 6. The molecule has 164 valence electrons. The van der Waals surface area contributed by atoms with Crippen LogP contribution in [0.5, 0.6) is 0 Å². The minimum atomic E-state index is -0.661. The van der Waals surface area contributed by atoms with E-state index in [2.05, 4.69) is 54.9 Å². The van der Waals surface area contributed by atoms with Crippen LogP contribution in [0.25, 0.3) is 0 Å². The molecule has 3 rings (SSSR count). The van der Waals surface area contributed by atoms with Gasteiger partial charge in [0, 0.05) is 47.1 Å². The molecule has 0 saturated heterocycles. The molecule has 0 heterocycles. The Kier molecular flexibility index (Phi) is 8.46. The molecule has 1 atom stereocenters. The molecule has 0 radical (unpaired) electrons. The van der Waals surface area contributed by atoms with Crippen molar-refractivity contribution in [3.05, 3.63) is 89.5 Å². The largest absolute Gasteiger partial charge is 0.399 e. The van der Waals surface area contributed by atoms with E-state index in [1.807, 2.05) is 60.7 Å². The highest BCUT2D eigenvalue weighted by Crippen LogP contribution is 2.33. The topological polar surface area (TPSA) is 70.3 Å². The molecule has 5 N–H and O–H groups in total. The first kappa shape index (κ1) is 23.7. The Morgan fingerprint density at radius 3 is 1.71 bits per heavy atom. The standard InChI is InChI=1S/C25H31N3OS2/c1-25(24(29)18-10-12-21(26)13-11-18,16-27-14-19-6-2-4-8-22(19)30)17-28-15-20-7-3-5-9-23(20)31/h2-13,24,27-31H,14-17,26H2,1H3. The second kappa shape index (κ2) is 11.1. The second-order valence-corrected chi connectivity index (χ2v) is 9.15. The first-order valence-corrected chi connectivity index (χ1v) is 11.3. The van der Waals surface area contributed by atoms with Crippen molar-refractivity contribution in [3.8, 4) is 0 Å². The third-order valence-corrected chi connectivity index (χ3v) is 6.46. The van der Waals surface area contributed by atoms with Crippen molar-refractivity contribution >= 4 is 30.9 Å². The van der Waals surface area contributed by atoms with E-state index in [1.54, 1.807) is 0 Å². The number of aliphatic hydroxyl groups excluding tert-OH is 1. The van der Waals surface area contributed by atoms with Gasteiger partial charge >= 0.3 is 0 Å². The summed E-state index contributed by atoms with van der Waals surface area (Å²) in [5, 5.41) is 18.3. The van der Waals surface area contributed by atoms with Crippen molar-refractivity contribution < 1.29 is 5.11 Å². The zero-order valence-electron chi connectivity index (χ0n) is 17.8. The lowest BCUT2D eigenvalue weighted by Crippen LogP contribution is -2.44. The molecule has 0 fully saturated rings. The summed E-state index contributed by atoms with van der Waals surface area (Å²) in [5.41, 5.74) is 9.18. The third-order valence-electron chi connectivity index (χ3n) is 5.58. The summed E-state index contributed by atoms with van der Waals surface area (Å²) in [6.07, 6.45) is -0.661. The molecule has 1 unspecified atom stereocenters. The van der Waals surface area contributed by atoms with Crippen molar-refractivity contribution in [2.45, 2.75) is 35.9 Å². The van der Waals surface area contributed by atoms with Gasteiger partial charge in [-0.05, 0) is 41.0 Å². The van der Waals surface area contributed by atoms with Gasteiger partial charge in [-0.15, -0.1) is 25.3 Å². The Hall–Kier alpha value is -1.96. The van der Waals surface area contributed by atoms with E-state index >= 15 is 0 Å². The van der Waals surface area contributed by atoms with Gasteiger partial charge in [-0.1, -0.05) is 55.5 Å². The monoisotopic (exact) mass is 453 g/mol. The number of thiol groups is 2. The zero-order valence-corrected chi connectivity index (χ0v) is 19.5. The normalized spacial score (nSPS) is 12.6. The highest BCUT2D eigenvalue weighted by atomic mass is 32.1. The molecule has 0 aliphatic rings. The van der Waals surface area contributed by atoms with E-state index < -0.39 is 11.5 Å². The quantitative estimate of drug-likeness (QED) is 0.202. The lowest BCUT2D eigenvalue weighted by Gasteiger charge is -2.36. The maximum absolute atomic E-state index is 11.3. The molecule has 0 aromatic heterocycles. The third kappa shape index (κ3) is 6.51. The SMILES string of the molecule is CC(CNCc1ccccc1S)(CNCc1ccccc1S)C(O)c1ccc(N)cc1. The zero-order chi connectivity index (χ0) is 22.3. The Labute approximate surface area is 196 Å². The van der Waals surface area contributed by atoms with E-state index in [0.29, 0.717) is 31.9 Å². The van der Waals surface area contributed by atoms with Crippen LogP contribution in [0.2, 0.25) is 0 Å².